The molecular formula is C11H13ClO4S. The molecule has 0 unspecified atom stereocenters. The van der Waals surface area contributed by atoms with Crippen LogP contribution in [0, 0.1) is 13.8 Å². The van der Waals surface area contributed by atoms with E-state index in [1.54, 1.807) is 19.9 Å². The molecule has 94 valence electrons. The Labute approximate surface area is 105 Å². The van der Waals surface area contributed by atoms with Gasteiger partial charge in [0.1, 0.15) is 0 Å². The lowest BCUT2D eigenvalue weighted by molar-refractivity contribution is -0.137. The summed E-state index contributed by atoms with van der Waals surface area (Å²) in [7, 11) is -2.52. The number of esters is 1. The Morgan fingerprint density at radius 2 is 1.88 bits per heavy atom. The van der Waals surface area contributed by atoms with Crippen molar-refractivity contribution in [3.05, 3.63) is 28.3 Å². The summed E-state index contributed by atoms with van der Waals surface area (Å²) in [4.78, 5) is 11.2. The smallest absolute Gasteiger partial charge is 0.321 e. The molecule has 0 saturated heterocycles. The van der Waals surface area contributed by atoms with Crippen molar-refractivity contribution in [2.24, 2.45) is 0 Å². The zero-order chi connectivity index (χ0) is 13.2. The first kappa shape index (κ1) is 14.0. The van der Waals surface area contributed by atoms with Crippen LogP contribution in [0.25, 0.3) is 0 Å². The minimum atomic E-state index is -3.67. The Kier molecular flexibility index (Phi) is 4.16. The SMILES string of the molecule is COC(=O)CS(=O)(=O)c1cc(C)c(Cl)cc1C. The summed E-state index contributed by atoms with van der Waals surface area (Å²) >= 11 is 5.88. The number of aryl methyl sites for hydroxylation is 2. The largest absolute Gasteiger partial charge is 0.468 e. The van der Waals surface area contributed by atoms with Crippen molar-refractivity contribution in [3.8, 4) is 0 Å². The van der Waals surface area contributed by atoms with Gasteiger partial charge in [0.15, 0.2) is 15.6 Å². The second-order valence-corrected chi connectivity index (χ2v) is 6.07. The van der Waals surface area contributed by atoms with Crippen molar-refractivity contribution in [1.82, 2.24) is 0 Å². The summed E-state index contributed by atoms with van der Waals surface area (Å²) in [6, 6.07) is 3.04. The van der Waals surface area contributed by atoms with Gasteiger partial charge in [-0.2, -0.15) is 0 Å². The summed E-state index contributed by atoms with van der Waals surface area (Å²) in [5.74, 6) is -1.44. The van der Waals surface area contributed by atoms with Crippen LogP contribution in [0.2, 0.25) is 5.02 Å². The van der Waals surface area contributed by atoms with Crippen LogP contribution in [0.1, 0.15) is 11.1 Å². The molecule has 0 atom stereocenters. The van der Waals surface area contributed by atoms with Crippen molar-refractivity contribution >= 4 is 27.4 Å². The van der Waals surface area contributed by atoms with E-state index in [9.17, 15) is 13.2 Å². The van der Waals surface area contributed by atoms with Crippen molar-refractivity contribution in [2.45, 2.75) is 18.7 Å². The Hall–Kier alpha value is -1.07. The van der Waals surface area contributed by atoms with Gasteiger partial charge in [-0.1, -0.05) is 11.6 Å². The molecule has 1 aromatic carbocycles. The molecule has 4 nitrogen and oxygen atoms in total. The number of hydrogen-bond acceptors (Lipinski definition) is 4. The third-order valence-electron chi connectivity index (χ3n) is 2.33. The van der Waals surface area contributed by atoms with Crippen LogP contribution >= 0.6 is 11.6 Å². The molecule has 0 aliphatic heterocycles. The highest BCUT2D eigenvalue weighted by atomic mass is 35.5. The summed E-state index contributed by atoms with van der Waals surface area (Å²) in [5, 5.41) is 0.500. The number of halogens is 1. The van der Waals surface area contributed by atoms with Crippen LogP contribution in [0.3, 0.4) is 0 Å². The minimum Gasteiger partial charge on any atom is -0.468 e. The van der Waals surface area contributed by atoms with Crippen molar-refractivity contribution in [1.29, 1.82) is 0 Å². The molecule has 0 heterocycles. The highest BCUT2D eigenvalue weighted by Crippen LogP contribution is 2.24. The second kappa shape index (κ2) is 5.06. The highest BCUT2D eigenvalue weighted by Gasteiger charge is 2.22. The Morgan fingerprint density at radius 3 is 2.41 bits per heavy atom. The fraction of sp³-hybridized carbons (Fsp3) is 0.364. The van der Waals surface area contributed by atoms with Crippen LogP contribution in [-0.2, 0) is 19.4 Å². The number of methoxy groups -OCH3 is 1. The van der Waals surface area contributed by atoms with Crippen molar-refractivity contribution < 1.29 is 17.9 Å². The summed E-state index contributed by atoms with van der Waals surface area (Å²) in [6.07, 6.45) is 0. The van der Waals surface area contributed by atoms with E-state index < -0.39 is 21.6 Å². The lowest BCUT2D eigenvalue weighted by atomic mass is 10.2. The zero-order valence-corrected chi connectivity index (χ0v) is 11.4. The Bertz CT molecular complexity index is 549. The van der Waals surface area contributed by atoms with Gasteiger partial charge >= 0.3 is 5.97 Å². The molecule has 1 aromatic rings. The zero-order valence-electron chi connectivity index (χ0n) is 9.78. The maximum atomic E-state index is 11.9. The number of hydrogen-bond donors (Lipinski definition) is 0. The first-order valence-electron chi connectivity index (χ1n) is 4.84. The number of carbonyl (C=O) groups excluding carboxylic acids is 1. The van der Waals surface area contributed by atoms with Crippen LogP contribution in [0.5, 0.6) is 0 Å². The monoisotopic (exact) mass is 276 g/mol. The third-order valence-corrected chi connectivity index (χ3v) is 4.46. The van der Waals surface area contributed by atoms with E-state index in [2.05, 4.69) is 4.74 Å². The van der Waals surface area contributed by atoms with E-state index in [1.165, 1.54) is 6.07 Å². The van der Waals surface area contributed by atoms with Gasteiger partial charge in [-0.05, 0) is 37.1 Å². The van der Waals surface area contributed by atoms with Gasteiger partial charge in [0.05, 0.1) is 12.0 Å². The second-order valence-electron chi connectivity index (χ2n) is 3.70. The average Bonchev–Trinajstić information content (AvgIpc) is 2.22. The Morgan fingerprint density at radius 1 is 1.29 bits per heavy atom. The van der Waals surface area contributed by atoms with E-state index in [-0.39, 0.29) is 4.90 Å². The minimum absolute atomic E-state index is 0.116. The fourth-order valence-electron chi connectivity index (χ4n) is 1.38. The summed E-state index contributed by atoms with van der Waals surface area (Å²) in [5.41, 5.74) is 1.17. The molecule has 1 rings (SSSR count). The fourth-order valence-corrected chi connectivity index (χ4v) is 3.09. The lowest BCUT2D eigenvalue weighted by Gasteiger charge is -2.09. The molecule has 0 N–H and O–H groups in total. The molecule has 0 saturated carbocycles. The van der Waals surface area contributed by atoms with E-state index >= 15 is 0 Å². The average molecular weight is 277 g/mol. The van der Waals surface area contributed by atoms with E-state index in [1.807, 2.05) is 0 Å². The maximum absolute atomic E-state index is 11.9. The van der Waals surface area contributed by atoms with Crippen molar-refractivity contribution in [2.75, 3.05) is 12.9 Å². The molecule has 0 fully saturated rings. The van der Waals surface area contributed by atoms with Gasteiger partial charge in [-0.25, -0.2) is 8.42 Å². The van der Waals surface area contributed by atoms with Gasteiger partial charge in [0, 0.05) is 5.02 Å². The van der Waals surface area contributed by atoms with Gasteiger partial charge < -0.3 is 4.74 Å². The molecule has 0 bridgehead atoms. The first-order valence-corrected chi connectivity index (χ1v) is 6.87. The van der Waals surface area contributed by atoms with Crippen LogP contribution in [0.4, 0.5) is 0 Å². The predicted molar refractivity (Wildman–Crippen MR) is 65.0 cm³/mol. The normalized spacial score (nSPS) is 11.3. The topological polar surface area (TPSA) is 60.4 Å². The quantitative estimate of drug-likeness (QED) is 0.791. The van der Waals surface area contributed by atoms with Gasteiger partial charge in [0.25, 0.3) is 0 Å². The molecule has 6 heteroatoms. The number of carbonyl (C=O) groups is 1. The van der Waals surface area contributed by atoms with Gasteiger partial charge in [-0.3, -0.25) is 4.79 Å². The molecule has 0 amide bonds. The van der Waals surface area contributed by atoms with Crippen LogP contribution in [-0.4, -0.2) is 27.2 Å². The predicted octanol–water partition coefficient (Wildman–Crippen LogP) is 1.90. The van der Waals surface area contributed by atoms with Gasteiger partial charge in [0.2, 0.25) is 0 Å². The van der Waals surface area contributed by atoms with Crippen LogP contribution in [0.15, 0.2) is 17.0 Å². The molecule has 0 radical (unpaired) electrons. The number of rotatable bonds is 3. The maximum Gasteiger partial charge on any atom is 0.321 e. The van der Waals surface area contributed by atoms with E-state index in [0.29, 0.717) is 16.1 Å². The lowest BCUT2D eigenvalue weighted by Crippen LogP contribution is -2.18. The highest BCUT2D eigenvalue weighted by molar-refractivity contribution is 7.92. The molecule has 0 spiro atoms. The van der Waals surface area contributed by atoms with E-state index in [0.717, 1.165) is 7.11 Å². The molecule has 0 aliphatic rings. The Balaban J connectivity index is 3.25. The van der Waals surface area contributed by atoms with E-state index in [4.69, 9.17) is 11.6 Å². The first-order chi connectivity index (χ1) is 7.77. The molecular weight excluding hydrogens is 264 g/mol. The number of benzene rings is 1. The van der Waals surface area contributed by atoms with Gasteiger partial charge in [-0.15, -0.1) is 0 Å². The summed E-state index contributed by atoms with van der Waals surface area (Å²) < 4.78 is 28.2. The van der Waals surface area contributed by atoms with Crippen molar-refractivity contribution in [3.63, 3.8) is 0 Å². The molecule has 0 aromatic heterocycles. The molecule has 0 aliphatic carbocycles. The summed E-state index contributed by atoms with van der Waals surface area (Å²) in [6.45, 7) is 3.34. The standard InChI is InChI=1S/C11H13ClO4S/c1-7-5-10(8(2)4-9(7)12)17(14,15)6-11(13)16-3/h4-5H,6H2,1-3H3. The number of ether oxygens (including phenoxy) is 1. The molecule has 17 heavy (non-hydrogen) atoms. The van der Waals surface area contributed by atoms with Crippen LogP contribution < -0.4 is 0 Å². The number of sulfone groups is 1. The third kappa shape index (κ3) is 3.20.